The molecule has 0 aromatic rings. The Balaban J connectivity index is 2.46. The second kappa shape index (κ2) is 6.11. The van der Waals surface area contributed by atoms with E-state index in [-0.39, 0.29) is 11.9 Å². The van der Waals surface area contributed by atoms with Crippen molar-refractivity contribution in [1.82, 2.24) is 0 Å². The third-order valence-corrected chi connectivity index (χ3v) is 3.80. The first-order valence-corrected chi connectivity index (χ1v) is 6.00. The first-order valence-electron chi connectivity index (χ1n) is 6.00. The topological polar surface area (TPSA) is 52.3 Å². The minimum Gasteiger partial charge on any atom is -0.469 e. The summed E-state index contributed by atoms with van der Waals surface area (Å²) >= 11 is 0. The predicted octanol–water partition coefficient (Wildman–Crippen LogP) is 1.95. The Bertz CT molecular complexity index is 198. The van der Waals surface area contributed by atoms with Gasteiger partial charge >= 0.3 is 5.97 Å². The Labute approximate surface area is 92.4 Å². The molecule has 3 nitrogen and oxygen atoms in total. The highest BCUT2D eigenvalue weighted by atomic mass is 16.5. The third-order valence-electron chi connectivity index (χ3n) is 3.80. The van der Waals surface area contributed by atoms with Crippen LogP contribution in [-0.4, -0.2) is 19.6 Å². The summed E-state index contributed by atoms with van der Waals surface area (Å²) < 4.78 is 4.79. The van der Waals surface area contributed by atoms with Gasteiger partial charge in [0.1, 0.15) is 0 Å². The highest BCUT2D eigenvalue weighted by molar-refractivity contribution is 5.72. The number of esters is 1. The van der Waals surface area contributed by atoms with E-state index in [0.717, 1.165) is 18.8 Å². The van der Waals surface area contributed by atoms with Crippen LogP contribution in [0, 0.1) is 17.8 Å². The molecule has 88 valence electrons. The van der Waals surface area contributed by atoms with E-state index in [2.05, 4.69) is 6.92 Å². The highest BCUT2D eigenvalue weighted by Crippen LogP contribution is 2.34. The van der Waals surface area contributed by atoms with Crippen molar-refractivity contribution in [3.8, 4) is 0 Å². The van der Waals surface area contributed by atoms with Crippen molar-refractivity contribution in [2.45, 2.75) is 39.0 Å². The van der Waals surface area contributed by atoms with Crippen molar-refractivity contribution in [3.05, 3.63) is 0 Å². The Kier molecular flexibility index (Phi) is 5.09. The molecule has 0 radical (unpaired) electrons. The number of rotatable bonds is 4. The molecule has 0 aromatic carbocycles. The smallest absolute Gasteiger partial charge is 0.310 e. The van der Waals surface area contributed by atoms with Crippen LogP contribution in [0.5, 0.6) is 0 Å². The van der Waals surface area contributed by atoms with E-state index in [4.69, 9.17) is 10.5 Å². The molecule has 0 aliphatic heterocycles. The van der Waals surface area contributed by atoms with E-state index in [1.807, 2.05) is 0 Å². The molecule has 15 heavy (non-hydrogen) atoms. The van der Waals surface area contributed by atoms with E-state index < -0.39 is 0 Å². The van der Waals surface area contributed by atoms with E-state index in [0.29, 0.717) is 12.5 Å². The maximum Gasteiger partial charge on any atom is 0.310 e. The molecule has 1 saturated carbocycles. The van der Waals surface area contributed by atoms with Crippen LogP contribution in [0.3, 0.4) is 0 Å². The van der Waals surface area contributed by atoms with Crippen LogP contribution in [0.15, 0.2) is 0 Å². The van der Waals surface area contributed by atoms with Crippen molar-refractivity contribution < 1.29 is 9.53 Å². The van der Waals surface area contributed by atoms with E-state index in [1.54, 1.807) is 0 Å². The molecule has 0 aromatic heterocycles. The molecular formula is C12H23NO2. The summed E-state index contributed by atoms with van der Waals surface area (Å²) in [4.78, 5) is 11.5. The highest BCUT2D eigenvalue weighted by Gasteiger charge is 2.31. The summed E-state index contributed by atoms with van der Waals surface area (Å²) in [5.41, 5.74) is 5.65. The van der Waals surface area contributed by atoms with Gasteiger partial charge in [0.05, 0.1) is 13.0 Å². The first kappa shape index (κ1) is 12.5. The van der Waals surface area contributed by atoms with Crippen LogP contribution >= 0.6 is 0 Å². The maximum atomic E-state index is 11.5. The number of ether oxygens (including phenoxy) is 1. The van der Waals surface area contributed by atoms with Gasteiger partial charge in [0.15, 0.2) is 0 Å². The quantitative estimate of drug-likeness (QED) is 0.726. The average molecular weight is 213 g/mol. The lowest BCUT2D eigenvalue weighted by Gasteiger charge is -2.31. The number of hydrogen-bond donors (Lipinski definition) is 1. The Morgan fingerprint density at radius 2 is 2.00 bits per heavy atom. The van der Waals surface area contributed by atoms with Crippen LogP contribution in [0.1, 0.15) is 39.0 Å². The van der Waals surface area contributed by atoms with Crippen molar-refractivity contribution in [2.75, 3.05) is 13.7 Å². The van der Waals surface area contributed by atoms with Crippen LogP contribution in [0.2, 0.25) is 0 Å². The van der Waals surface area contributed by atoms with E-state index in [1.165, 1.54) is 26.4 Å². The molecular weight excluding hydrogens is 190 g/mol. The zero-order chi connectivity index (χ0) is 11.3. The van der Waals surface area contributed by atoms with Gasteiger partial charge in [-0.25, -0.2) is 0 Å². The van der Waals surface area contributed by atoms with Gasteiger partial charge in [0, 0.05) is 6.54 Å². The fourth-order valence-electron chi connectivity index (χ4n) is 2.63. The van der Waals surface area contributed by atoms with Crippen LogP contribution < -0.4 is 5.73 Å². The fourth-order valence-corrected chi connectivity index (χ4v) is 2.63. The van der Waals surface area contributed by atoms with E-state index >= 15 is 0 Å². The number of nitrogens with two attached hydrogens (primary N) is 1. The van der Waals surface area contributed by atoms with E-state index in [9.17, 15) is 4.79 Å². The number of carbonyl (C=O) groups excluding carboxylic acids is 1. The largest absolute Gasteiger partial charge is 0.469 e. The molecule has 1 unspecified atom stereocenters. The molecule has 0 bridgehead atoms. The SMILES string of the molecule is CCC1CCC(C(CN)C(=O)OC)CC1. The van der Waals surface area contributed by atoms with Gasteiger partial charge in [-0.05, 0) is 24.7 Å². The van der Waals surface area contributed by atoms with Crippen molar-refractivity contribution in [1.29, 1.82) is 0 Å². The predicted molar refractivity (Wildman–Crippen MR) is 60.3 cm³/mol. The summed E-state index contributed by atoms with van der Waals surface area (Å²) in [5.74, 6) is 1.10. The van der Waals surface area contributed by atoms with Crippen LogP contribution in [0.25, 0.3) is 0 Å². The summed E-state index contributed by atoms with van der Waals surface area (Å²) in [6.45, 7) is 2.67. The third kappa shape index (κ3) is 3.20. The second-order valence-corrected chi connectivity index (χ2v) is 4.55. The summed E-state index contributed by atoms with van der Waals surface area (Å²) in [6.07, 6.45) is 6.02. The molecule has 2 N–H and O–H groups in total. The standard InChI is InChI=1S/C12H23NO2/c1-3-9-4-6-10(7-5-9)11(8-13)12(14)15-2/h9-11H,3-8,13H2,1-2H3. The zero-order valence-electron chi connectivity index (χ0n) is 9.87. The zero-order valence-corrected chi connectivity index (χ0v) is 9.87. The number of carbonyl (C=O) groups is 1. The van der Waals surface area contributed by atoms with Crippen molar-refractivity contribution in [2.24, 2.45) is 23.5 Å². The second-order valence-electron chi connectivity index (χ2n) is 4.55. The summed E-state index contributed by atoms with van der Waals surface area (Å²) in [5, 5.41) is 0. The minimum absolute atomic E-state index is 0.0761. The van der Waals surface area contributed by atoms with Crippen molar-refractivity contribution in [3.63, 3.8) is 0 Å². The maximum absolute atomic E-state index is 11.5. The van der Waals surface area contributed by atoms with Gasteiger partial charge in [-0.15, -0.1) is 0 Å². The lowest BCUT2D eigenvalue weighted by Crippen LogP contribution is -2.34. The Morgan fingerprint density at radius 3 is 2.40 bits per heavy atom. The normalized spacial score (nSPS) is 28.5. The van der Waals surface area contributed by atoms with Crippen molar-refractivity contribution >= 4 is 5.97 Å². The molecule has 0 spiro atoms. The molecule has 1 aliphatic carbocycles. The molecule has 1 fully saturated rings. The summed E-state index contributed by atoms with van der Waals surface area (Å²) in [6, 6.07) is 0. The van der Waals surface area contributed by atoms with Gasteiger partial charge < -0.3 is 10.5 Å². The number of methoxy groups -OCH3 is 1. The molecule has 0 amide bonds. The minimum atomic E-state index is -0.127. The van der Waals surface area contributed by atoms with Gasteiger partial charge in [0.25, 0.3) is 0 Å². The Hall–Kier alpha value is -0.570. The lowest BCUT2D eigenvalue weighted by molar-refractivity contribution is -0.147. The van der Waals surface area contributed by atoms with Gasteiger partial charge in [-0.1, -0.05) is 26.2 Å². The van der Waals surface area contributed by atoms with Gasteiger partial charge in [-0.3, -0.25) is 4.79 Å². The fraction of sp³-hybridized carbons (Fsp3) is 0.917. The first-order chi connectivity index (χ1) is 7.22. The number of hydrogen-bond acceptors (Lipinski definition) is 3. The molecule has 1 atom stereocenters. The van der Waals surface area contributed by atoms with Crippen LogP contribution in [0.4, 0.5) is 0 Å². The Morgan fingerprint density at radius 1 is 1.40 bits per heavy atom. The molecule has 1 rings (SSSR count). The van der Waals surface area contributed by atoms with Gasteiger partial charge in [0.2, 0.25) is 0 Å². The molecule has 0 saturated heterocycles. The van der Waals surface area contributed by atoms with Crippen LogP contribution in [-0.2, 0) is 9.53 Å². The molecule has 0 heterocycles. The molecule has 3 heteroatoms. The monoisotopic (exact) mass is 213 g/mol. The summed E-state index contributed by atoms with van der Waals surface area (Å²) in [7, 11) is 1.45. The van der Waals surface area contributed by atoms with Gasteiger partial charge in [-0.2, -0.15) is 0 Å². The lowest BCUT2D eigenvalue weighted by atomic mass is 9.75. The molecule has 1 aliphatic rings. The average Bonchev–Trinajstić information content (AvgIpc) is 2.30.